The van der Waals surface area contributed by atoms with E-state index in [0.717, 1.165) is 11.1 Å². The van der Waals surface area contributed by atoms with Crippen LogP contribution in [0.2, 0.25) is 10.0 Å². The molecule has 162 valence electrons. The van der Waals surface area contributed by atoms with Crippen LogP contribution in [0.5, 0.6) is 5.75 Å². The molecule has 0 unspecified atom stereocenters. The smallest absolute Gasteiger partial charge is 0.263 e. The highest BCUT2D eigenvalue weighted by Gasteiger charge is 2.21. The Bertz CT molecular complexity index is 1240. The first-order chi connectivity index (χ1) is 14.6. The Morgan fingerprint density at radius 3 is 2.26 bits per heavy atom. The van der Waals surface area contributed by atoms with Crippen molar-refractivity contribution in [1.82, 2.24) is 0 Å². The number of benzene rings is 3. The molecule has 6 nitrogen and oxygen atoms in total. The van der Waals surface area contributed by atoms with E-state index in [4.69, 9.17) is 27.9 Å². The lowest BCUT2D eigenvalue weighted by molar-refractivity contribution is 0.102. The highest BCUT2D eigenvalue weighted by molar-refractivity contribution is 7.92. The maximum absolute atomic E-state index is 13.0. The maximum Gasteiger partial charge on any atom is 0.263 e. The third-order valence-corrected chi connectivity index (χ3v) is 6.46. The summed E-state index contributed by atoms with van der Waals surface area (Å²) in [4.78, 5) is 12.6. The molecule has 0 aliphatic rings. The van der Waals surface area contributed by atoms with Crippen LogP contribution in [0, 0.1) is 13.8 Å². The summed E-state index contributed by atoms with van der Waals surface area (Å²) in [6, 6.07) is 14.1. The topological polar surface area (TPSA) is 84.5 Å². The minimum atomic E-state index is -4.03. The third-order valence-electron chi connectivity index (χ3n) is 4.37. The quantitative estimate of drug-likeness (QED) is 0.477. The number of anilines is 2. The average Bonchev–Trinajstić information content (AvgIpc) is 2.67. The van der Waals surface area contributed by atoms with Crippen molar-refractivity contribution in [2.75, 3.05) is 17.1 Å². The van der Waals surface area contributed by atoms with Gasteiger partial charge in [-0.15, -0.1) is 0 Å². The van der Waals surface area contributed by atoms with Crippen molar-refractivity contribution in [2.45, 2.75) is 18.7 Å². The van der Waals surface area contributed by atoms with E-state index in [1.807, 2.05) is 19.9 Å². The Morgan fingerprint density at radius 2 is 1.61 bits per heavy atom. The molecule has 3 rings (SSSR count). The molecule has 3 aromatic rings. The molecular weight excluding hydrogens is 459 g/mol. The SMILES string of the molecule is COc1ccc(Cl)cc1NC(=O)c1ccc(Cl)c(S(=O)(=O)Nc2cc(C)cc(C)c2)c1. The van der Waals surface area contributed by atoms with Gasteiger partial charge in [0.05, 0.1) is 17.8 Å². The molecule has 0 spiro atoms. The summed E-state index contributed by atoms with van der Waals surface area (Å²) in [5.74, 6) is -0.129. The van der Waals surface area contributed by atoms with E-state index in [-0.39, 0.29) is 15.5 Å². The summed E-state index contributed by atoms with van der Waals surface area (Å²) in [6.45, 7) is 3.74. The molecule has 0 bridgehead atoms. The Kier molecular flexibility index (Phi) is 6.79. The van der Waals surface area contributed by atoms with Crippen molar-refractivity contribution < 1.29 is 17.9 Å². The normalized spacial score (nSPS) is 11.1. The summed E-state index contributed by atoms with van der Waals surface area (Å²) < 4.78 is 33.7. The van der Waals surface area contributed by atoms with Crippen LogP contribution in [0.3, 0.4) is 0 Å². The molecule has 1 amide bonds. The Hall–Kier alpha value is -2.74. The molecule has 31 heavy (non-hydrogen) atoms. The van der Waals surface area contributed by atoms with Gasteiger partial charge in [-0.05, 0) is 73.5 Å². The van der Waals surface area contributed by atoms with E-state index in [0.29, 0.717) is 22.1 Å². The molecule has 3 aromatic carbocycles. The van der Waals surface area contributed by atoms with Gasteiger partial charge in [0, 0.05) is 16.3 Å². The predicted molar refractivity (Wildman–Crippen MR) is 124 cm³/mol. The van der Waals surface area contributed by atoms with Gasteiger partial charge in [-0.3, -0.25) is 9.52 Å². The molecule has 9 heteroatoms. The Balaban J connectivity index is 1.92. The Labute approximate surface area is 191 Å². The van der Waals surface area contributed by atoms with Crippen LogP contribution in [-0.4, -0.2) is 21.4 Å². The summed E-state index contributed by atoms with van der Waals surface area (Å²) >= 11 is 12.2. The average molecular weight is 479 g/mol. The van der Waals surface area contributed by atoms with Gasteiger partial charge in [0.1, 0.15) is 10.6 Å². The fraction of sp³-hybridized carbons (Fsp3) is 0.136. The van der Waals surface area contributed by atoms with E-state index < -0.39 is 15.9 Å². The van der Waals surface area contributed by atoms with Crippen LogP contribution in [0.25, 0.3) is 0 Å². The van der Waals surface area contributed by atoms with E-state index >= 15 is 0 Å². The second kappa shape index (κ2) is 9.18. The van der Waals surface area contributed by atoms with Gasteiger partial charge in [0.2, 0.25) is 0 Å². The number of hydrogen-bond acceptors (Lipinski definition) is 4. The number of rotatable bonds is 6. The molecule has 0 heterocycles. The number of methoxy groups -OCH3 is 1. The molecule has 0 aromatic heterocycles. The van der Waals surface area contributed by atoms with Crippen molar-refractivity contribution in [3.8, 4) is 5.75 Å². The zero-order valence-electron chi connectivity index (χ0n) is 17.0. The van der Waals surface area contributed by atoms with Crippen molar-refractivity contribution >= 4 is 50.5 Å². The summed E-state index contributed by atoms with van der Waals surface area (Å²) in [6.07, 6.45) is 0. The summed E-state index contributed by atoms with van der Waals surface area (Å²) in [7, 11) is -2.57. The maximum atomic E-state index is 13.0. The number of sulfonamides is 1. The molecule has 0 saturated heterocycles. The second-order valence-electron chi connectivity index (χ2n) is 6.93. The van der Waals surface area contributed by atoms with Crippen molar-refractivity contribution in [1.29, 1.82) is 0 Å². The fourth-order valence-corrected chi connectivity index (χ4v) is 4.81. The fourth-order valence-electron chi connectivity index (χ4n) is 3.07. The van der Waals surface area contributed by atoms with Crippen LogP contribution in [0.1, 0.15) is 21.5 Å². The number of nitrogens with one attached hydrogen (secondary N) is 2. The van der Waals surface area contributed by atoms with Crippen LogP contribution >= 0.6 is 23.2 Å². The number of halogens is 2. The Morgan fingerprint density at radius 1 is 0.935 bits per heavy atom. The van der Waals surface area contributed by atoms with Crippen LogP contribution in [-0.2, 0) is 10.0 Å². The molecule has 2 N–H and O–H groups in total. The van der Waals surface area contributed by atoms with Gasteiger partial charge in [0.15, 0.2) is 0 Å². The van der Waals surface area contributed by atoms with Crippen molar-refractivity contribution in [3.05, 3.63) is 81.3 Å². The van der Waals surface area contributed by atoms with Gasteiger partial charge < -0.3 is 10.1 Å². The molecule has 0 aliphatic heterocycles. The van der Waals surface area contributed by atoms with Gasteiger partial charge in [-0.2, -0.15) is 0 Å². The lowest BCUT2D eigenvalue weighted by Gasteiger charge is -2.13. The summed E-state index contributed by atoms with van der Waals surface area (Å²) in [5, 5.41) is 3.08. The van der Waals surface area contributed by atoms with Gasteiger partial charge in [0.25, 0.3) is 15.9 Å². The van der Waals surface area contributed by atoms with Gasteiger partial charge in [-0.25, -0.2) is 8.42 Å². The first-order valence-corrected chi connectivity index (χ1v) is 11.4. The van der Waals surface area contributed by atoms with E-state index in [9.17, 15) is 13.2 Å². The zero-order chi connectivity index (χ0) is 22.8. The largest absolute Gasteiger partial charge is 0.495 e. The number of aryl methyl sites for hydroxylation is 2. The van der Waals surface area contributed by atoms with Crippen LogP contribution in [0.4, 0.5) is 11.4 Å². The van der Waals surface area contributed by atoms with Gasteiger partial charge >= 0.3 is 0 Å². The molecule has 0 aliphatic carbocycles. The highest BCUT2D eigenvalue weighted by atomic mass is 35.5. The number of carbonyl (C=O) groups is 1. The molecule has 0 atom stereocenters. The summed E-state index contributed by atoms with van der Waals surface area (Å²) in [5.41, 5.74) is 2.69. The monoisotopic (exact) mass is 478 g/mol. The lowest BCUT2D eigenvalue weighted by Crippen LogP contribution is -2.17. The minimum absolute atomic E-state index is 0.00578. The lowest BCUT2D eigenvalue weighted by atomic mass is 10.1. The number of carbonyl (C=O) groups excluding carboxylic acids is 1. The van der Waals surface area contributed by atoms with E-state index in [1.165, 1.54) is 31.4 Å². The first-order valence-electron chi connectivity index (χ1n) is 9.14. The predicted octanol–water partition coefficient (Wildman–Crippen LogP) is 5.67. The number of hydrogen-bond donors (Lipinski definition) is 2. The standard InChI is InChI=1S/C22H20Cl2N2O4S/c1-13-8-14(2)10-17(9-13)26-31(28,29)21-11-15(4-6-18(21)24)22(27)25-19-12-16(23)5-7-20(19)30-3/h4-12,26H,1-3H3,(H,25,27). The minimum Gasteiger partial charge on any atom is -0.495 e. The molecule has 0 radical (unpaired) electrons. The number of amides is 1. The highest BCUT2D eigenvalue weighted by Crippen LogP contribution is 2.30. The van der Waals surface area contributed by atoms with Gasteiger partial charge in [-0.1, -0.05) is 29.3 Å². The van der Waals surface area contributed by atoms with E-state index in [2.05, 4.69) is 10.0 Å². The van der Waals surface area contributed by atoms with Crippen LogP contribution < -0.4 is 14.8 Å². The molecule has 0 saturated carbocycles. The van der Waals surface area contributed by atoms with E-state index in [1.54, 1.807) is 24.3 Å². The molecular formula is C22H20Cl2N2O4S. The van der Waals surface area contributed by atoms with Crippen LogP contribution in [0.15, 0.2) is 59.5 Å². The number of ether oxygens (including phenoxy) is 1. The zero-order valence-corrected chi connectivity index (χ0v) is 19.3. The third kappa shape index (κ3) is 5.50. The first kappa shape index (κ1) is 22.9. The van der Waals surface area contributed by atoms with Crippen molar-refractivity contribution in [3.63, 3.8) is 0 Å². The molecule has 0 fully saturated rings. The second-order valence-corrected chi connectivity index (χ2v) is 9.42. The van der Waals surface area contributed by atoms with Crippen molar-refractivity contribution in [2.24, 2.45) is 0 Å².